The van der Waals surface area contributed by atoms with E-state index < -0.39 is 5.91 Å². The van der Waals surface area contributed by atoms with Gasteiger partial charge in [-0.15, -0.1) is 0 Å². The number of likely N-dealkylation sites (N-methyl/N-ethyl adjacent to an activating group) is 1. The maximum absolute atomic E-state index is 12.5. The number of hydrazine groups is 1. The van der Waals surface area contributed by atoms with Crippen molar-refractivity contribution in [2.24, 2.45) is 0 Å². The zero-order chi connectivity index (χ0) is 21.8. The lowest BCUT2D eigenvalue weighted by Crippen LogP contribution is -2.44. The smallest absolute Gasteiger partial charge is 0.271 e. The number of fused-ring (bicyclic) bond motifs is 1. The molecule has 0 unspecified atom stereocenters. The van der Waals surface area contributed by atoms with Gasteiger partial charge < -0.3 is 14.8 Å². The Hall–Kier alpha value is -2.47. The van der Waals surface area contributed by atoms with Crippen molar-refractivity contribution in [3.63, 3.8) is 0 Å². The maximum Gasteiger partial charge on any atom is 0.271 e. The summed E-state index contributed by atoms with van der Waals surface area (Å²) in [6.07, 6.45) is 3.12. The molecule has 0 aliphatic heterocycles. The topological polar surface area (TPSA) is 107 Å². The Morgan fingerprint density at radius 2 is 2.13 bits per heavy atom. The number of nitrogens with one attached hydrogen (secondary N) is 4. The third kappa shape index (κ3) is 5.17. The number of carbonyl (C=O) groups excluding carboxylic acids is 1. The molecule has 0 spiro atoms. The zero-order valence-electron chi connectivity index (χ0n) is 16.1. The molecule has 0 aliphatic carbocycles. The number of pyridine rings is 1. The highest BCUT2D eigenvalue weighted by Gasteiger charge is 2.13. The molecule has 4 N–H and O–H groups in total. The summed E-state index contributed by atoms with van der Waals surface area (Å²) in [5, 5.41) is 11.0. The Labute approximate surface area is 190 Å². The molecule has 0 radical (unpaired) electrons. The zero-order valence-corrected chi connectivity index (χ0v) is 19.3. The second-order valence-electron chi connectivity index (χ2n) is 6.67. The number of H-pyrrole nitrogens is 1. The maximum atomic E-state index is 12.5. The molecule has 0 atom stereocenters. The third-order valence-electron chi connectivity index (χ3n) is 4.19. The number of rotatable bonds is 5. The van der Waals surface area contributed by atoms with Crippen LogP contribution in [0, 0.1) is 0 Å². The average molecular weight is 513 g/mol. The summed E-state index contributed by atoms with van der Waals surface area (Å²) in [5.41, 5.74) is 6.60. The number of carbonyl (C=O) groups is 1. The van der Waals surface area contributed by atoms with Crippen molar-refractivity contribution in [2.75, 3.05) is 26.0 Å². The summed E-state index contributed by atoms with van der Waals surface area (Å²) < 4.78 is 1.78. The van der Waals surface area contributed by atoms with E-state index in [9.17, 15) is 9.59 Å². The van der Waals surface area contributed by atoms with Crippen molar-refractivity contribution in [3.8, 4) is 0 Å². The van der Waals surface area contributed by atoms with E-state index in [4.69, 9.17) is 23.8 Å². The number of aromatic nitrogens is 3. The van der Waals surface area contributed by atoms with Crippen LogP contribution in [-0.2, 0) is 6.54 Å². The molecule has 0 fully saturated rings. The summed E-state index contributed by atoms with van der Waals surface area (Å²) in [7, 11) is 3.82. The fraction of sp³-hybridized carbons (Fsp3) is 0.222. The van der Waals surface area contributed by atoms with Crippen LogP contribution in [0.5, 0.6) is 0 Å². The van der Waals surface area contributed by atoms with Gasteiger partial charge in [0.05, 0.1) is 32.5 Å². The molecule has 0 saturated heterocycles. The van der Waals surface area contributed by atoms with Gasteiger partial charge in [-0.1, -0.05) is 11.6 Å². The van der Waals surface area contributed by atoms with Gasteiger partial charge >= 0.3 is 0 Å². The van der Waals surface area contributed by atoms with Gasteiger partial charge in [-0.3, -0.25) is 25.5 Å². The summed E-state index contributed by atoms with van der Waals surface area (Å²) >= 11 is 14.8. The number of thiocarbonyl (C=S) groups is 1. The Morgan fingerprint density at radius 3 is 2.87 bits per heavy atom. The molecule has 1 aromatic carbocycles. The molecule has 12 heteroatoms. The molecule has 0 bridgehead atoms. The van der Waals surface area contributed by atoms with Gasteiger partial charge in [0.1, 0.15) is 0 Å². The van der Waals surface area contributed by atoms with Crippen molar-refractivity contribution < 1.29 is 4.79 Å². The first-order valence-electron chi connectivity index (χ1n) is 8.80. The molecule has 9 nitrogen and oxygen atoms in total. The summed E-state index contributed by atoms with van der Waals surface area (Å²) in [6.45, 7) is 1.11. The van der Waals surface area contributed by atoms with E-state index >= 15 is 0 Å². The summed E-state index contributed by atoms with van der Waals surface area (Å²) in [6, 6.07) is 5.02. The number of benzene rings is 1. The van der Waals surface area contributed by atoms with Crippen LogP contribution < -0.4 is 21.7 Å². The second-order valence-corrected chi connectivity index (χ2v) is 8.31. The van der Waals surface area contributed by atoms with E-state index in [2.05, 4.69) is 42.3 Å². The van der Waals surface area contributed by atoms with Crippen LogP contribution in [-0.4, -0.2) is 51.3 Å². The van der Waals surface area contributed by atoms with Gasteiger partial charge in [-0.25, -0.2) is 0 Å². The van der Waals surface area contributed by atoms with Gasteiger partial charge in [0.15, 0.2) is 5.11 Å². The lowest BCUT2D eigenvalue weighted by molar-refractivity contribution is 0.0943. The highest BCUT2D eigenvalue weighted by atomic mass is 79.9. The van der Waals surface area contributed by atoms with Gasteiger partial charge in [0.25, 0.3) is 11.5 Å². The molecule has 30 heavy (non-hydrogen) atoms. The van der Waals surface area contributed by atoms with Gasteiger partial charge in [-0.05, 0) is 60.4 Å². The number of amides is 1. The quantitative estimate of drug-likeness (QED) is 0.307. The molecule has 2 heterocycles. The lowest BCUT2D eigenvalue weighted by Gasteiger charge is -2.15. The van der Waals surface area contributed by atoms with E-state index in [1.807, 2.05) is 25.1 Å². The molecular formula is C18H19BrClN7O2S. The minimum atomic E-state index is -0.449. The van der Waals surface area contributed by atoms with E-state index in [0.717, 1.165) is 10.9 Å². The predicted octanol–water partition coefficient (Wildman–Crippen LogP) is 2.33. The van der Waals surface area contributed by atoms with Crippen LogP contribution >= 0.6 is 39.7 Å². The van der Waals surface area contributed by atoms with Crippen molar-refractivity contribution in [1.29, 1.82) is 0 Å². The van der Waals surface area contributed by atoms with Crippen LogP contribution in [0.1, 0.15) is 10.4 Å². The predicted molar refractivity (Wildman–Crippen MR) is 125 cm³/mol. The van der Waals surface area contributed by atoms with Gasteiger partial charge in [0, 0.05) is 24.7 Å². The van der Waals surface area contributed by atoms with E-state index in [1.54, 1.807) is 12.3 Å². The summed E-state index contributed by atoms with van der Waals surface area (Å²) in [4.78, 5) is 26.7. The van der Waals surface area contributed by atoms with Crippen LogP contribution in [0.15, 0.2) is 39.9 Å². The SMILES string of the molecule is CN(C)CCn1cc(C(=O)NNC(=S)Nc2ccc3[nH]ncc3c2Cl)cc(Br)c1=O. The molecule has 0 aliphatic rings. The highest BCUT2D eigenvalue weighted by molar-refractivity contribution is 9.10. The third-order valence-corrected chi connectivity index (χ3v) is 5.37. The number of nitrogens with zero attached hydrogens (tertiary/aromatic N) is 3. The van der Waals surface area contributed by atoms with Crippen LogP contribution in [0.3, 0.4) is 0 Å². The fourth-order valence-corrected chi connectivity index (χ4v) is 3.51. The Morgan fingerprint density at radius 1 is 1.37 bits per heavy atom. The van der Waals surface area contributed by atoms with E-state index in [1.165, 1.54) is 16.8 Å². The Kier molecular flexibility index (Phi) is 7.08. The van der Waals surface area contributed by atoms with Crippen molar-refractivity contribution >= 4 is 67.4 Å². The monoisotopic (exact) mass is 511 g/mol. The van der Waals surface area contributed by atoms with Gasteiger partial charge in [-0.2, -0.15) is 5.10 Å². The second kappa shape index (κ2) is 9.56. The first-order valence-corrected chi connectivity index (χ1v) is 10.4. The number of hydrogen-bond acceptors (Lipinski definition) is 5. The number of aromatic amines is 1. The first-order chi connectivity index (χ1) is 14.3. The first kappa shape index (κ1) is 22.2. The normalized spacial score (nSPS) is 11.0. The number of halogens is 2. The number of hydrogen-bond donors (Lipinski definition) is 4. The van der Waals surface area contributed by atoms with Crippen molar-refractivity contribution in [1.82, 2.24) is 30.5 Å². The minimum absolute atomic E-state index is 0.146. The molecule has 0 saturated carbocycles. The standard InChI is InChI=1S/C18H19BrClN7O2S/c1-26(2)5-6-27-9-10(7-12(19)17(27)29)16(28)24-25-18(30)22-14-4-3-13-11(15(14)20)8-21-23-13/h3-4,7-9H,5-6H2,1-2H3,(H,21,23)(H,24,28)(H2,22,25,30). The molecule has 1 amide bonds. The van der Waals surface area contributed by atoms with Crippen LogP contribution in [0.25, 0.3) is 10.9 Å². The fourth-order valence-electron chi connectivity index (χ4n) is 2.62. The lowest BCUT2D eigenvalue weighted by atomic mass is 10.2. The van der Waals surface area contributed by atoms with E-state index in [-0.39, 0.29) is 10.7 Å². The van der Waals surface area contributed by atoms with Gasteiger partial charge in [0.2, 0.25) is 0 Å². The molecule has 158 valence electrons. The Balaban J connectivity index is 1.65. The number of anilines is 1. The van der Waals surface area contributed by atoms with Crippen molar-refractivity contribution in [3.05, 3.63) is 56.0 Å². The highest BCUT2D eigenvalue weighted by Crippen LogP contribution is 2.29. The summed E-state index contributed by atoms with van der Waals surface area (Å²) in [5.74, 6) is -0.449. The average Bonchev–Trinajstić information content (AvgIpc) is 3.18. The van der Waals surface area contributed by atoms with E-state index in [0.29, 0.717) is 33.8 Å². The molecule has 2 aromatic heterocycles. The van der Waals surface area contributed by atoms with Crippen molar-refractivity contribution in [2.45, 2.75) is 6.54 Å². The largest absolute Gasteiger partial charge is 0.330 e. The minimum Gasteiger partial charge on any atom is -0.330 e. The molecule has 3 rings (SSSR count). The Bertz CT molecular complexity index is 1160. The van der Waals surface area contributed by atoms with Crippen LogP contribution in [0.4, 0.5) is 5.69 Å². The molecule has 3 aromatic rings. The molecular weight excluding hydrogens is 494 g/mol. The van der Waals surface area contributed by atoms with Crippen LogP contribution in [0.2, 0.25) is 5.02 Å².